The summed E-state index contributed by atoms with van der Waals surface area (Å²) in [5.41, 5.74) is 0.530. The van der Waals surface area contributed by atoms with Crippen molar-refractivity contribution in [2.75, 3.05) is 19.0 Å². The second-order valence-electron chi connectivity index (χ2n) is 4.52. The van der Waals surface area contributed by atoms with Gasteiger partial charge >= 0.3 is 6.61 Å². The smallest absolute Gasteiger partial charge is 0.387 e. The van der Waals surface area contributed by atoms with Crippen LogP contribution in [0.15, 0.2) is 18.2 Å². The maximum Gasteiger partial charge on any atom is 0.387 e. The third-order valence-electron chi connectivity index (χ3n) is 2.83. The largest absolute Gasteiger partial charge is 0.497 e. The summed E-state index contributed by atoms with van der Waals surface area (Å²) in [6.07, 6.45) is 2.18. The maximum atomic E-state index is 12.3. The van der Waals surface area contributed by atoms with Crippen molar-refractivity contribution in [3.05, 3.63) is 18.2 Å². The monoisotopic (exact) mass is 273 g/mol. The van der Waals surface area contributed by atoms with Crippen LogP contribution < -0.4 is 14.8 Å². The number of benzene rings is 1. The highest BCUT2D eigenvalue weighted by Crippen LogP contribution is 2.30. The van der Waals surface area contributed by atoms with Crippen molar-refractivity contribution in [1.29, 1.82) is 0 Å². The quantitative estimate of drug-likeness (QED) is 0.772. The number of rotatable bonds is 8. The molecule has 1 unspecified atom stereocenters. The van der Waals surface area contributed by atoms with E-state index in [9.17, 15) is 8.78 Å². The fourth-order valence-electron chi connectivity index (χ4n) is 1.85. The van der Waals surface area contributed by atoms with Gasteiger partial charge in [-0.05, 0) is 24.5 Å². The minimum absolute atomic E-state index is 0.138. The molecule has 108 valence electrons. The van der Waals surface area contributed by atoms with Gasteiger partial charge in [0.25, 0.3) is 0 Å². The molecule has 0 aromatic heterocycles. The van der Waals surface area contributed by atoms with Crippen LogP contribution in [0.4, 0.5) is 14.5 Å². The Labute approximate surface area is 112 Å². The van der Waals surface area contributed by atoms with Crippen molar-refractivity contribution >= 4 is 5.69 Å². The standard InChI is InChI=1S/C14H21F2NO2/c1-4-5-10(2)9-17-12-8-11(18-3)6-7-13(12)19-14(15)16/h6-8,10,14,17H,4-5,9H2,1-3H3. The molecule has 0 radical (unpaired) electrons. The van der Waals surface area contributed by atoms with Gasteiger partial charge in [-0.2, -0.15) is 8.78 Å². The van der Waals surface area contributed by atoms with Crippen molar-refractivity contribution in [3.8, 4) is 11.5 Å². The number of anilines is 1. The summed E-state index contributed by atoms with van der Waals surface area (Å²) in [4.78, 5) is 0. The molecule has 0 bridgehead atoms. The molecule has 0 fully saturated rings. The van der Waals surface area contributed by atoms with Crippen LogP contribution in [0.25, 0.3) is 0 Å². The van der Waals surface area contributed by atoms with Crippen LogP contribution in [0.2, 0.25) is 0 Å². The molecule has 3 nitrogen and oxygen atoms in total. The summed E-state index contributed by atoms with van der Waals surface area (Å²) in [6, 6.07) is 4.74. The van der Waals surface area contributed by atoms with Gasteiger partial charge in [-0.15, -0.1) is 0 Å². The first kappa shape index (κ1) is 15.5. The molecule has 0 aliphatic carbocycles. The zero-order valence-electron chi connectivity index (χ0n) is 11.6. The highest BCUT2D eigenvalue weighted by molar-refractivity contribution is 5.59. The lowest BCUT2D eigenvalue weighted by molar-refractivity contribution is -0.0494. The predicted molar refractivity (Wildman–Crippen MR) is 72.2 cm³/mol. The van der Waals surface area contributed by atoms with Gasteiger partial charge in [0.1, 0.15) is 11.5 Å². The van der Waals surface area contributed by atoms with E-state index in [1.54, 1.807) is 12.1 Å². The Bertz CT molecular complexity index is 386. The Balaban J connectivity index is 2.76. The van der Waals surface area contributed by atoms with Gasteiger partial charge in [0.15, 0.2) is 0 Å². The number of ether oxygens (including phenoxy) is 2. The first-order valence-corrected chi connectivity index (χ1v) is 6.43. The molecule has 0 saturated carbocycles. The van der Waals surface area contributed by atoms with Gasteiger partial charge < -0.3 is 14.8 Å². The number of nitrogens with one attached hydrogen (secondary N) is 1. The molecule has 5 heteroatoms. The molecule has 1 aromatic carbocycles. The van der Waals surface area contributed by atoms with Crippen molar-refractivity contribution in [3.63, 3.8) is 0 Å². The molecule has 0 heterocycles. The maximum absolute atomic E-state index is 12.3. The molecule has 0 saturated heterocycles. The molecular weight excluding hydrogens is 252 g/mol. The van der Waals surface area contributed by atoms with Crippen molar-refractivity contribution in [2.24, 2.45) is 5.92 Å². The van der Waals surface area contributed by atoms with Crippen LogP contribution in [0.3, 0.4) is 0 Å². The van der Waals surface area contributed by atoms with E-state index in [1.165, 1.54) is 13.2 Å². The second kappa shape index (κ2) is 7.81. The molecule has 1 N–H and O–H groups in total. The van der Waals surface area contributed by atoms with Crippen LogP contribution in [-0.4, -0.2) is 20.3 Å². The lowest BCUT2D eigenvalue weighted by Gasteiger charge is -2.16. The van der Waals surface area contributed by atoms with Gasteiger partial charge in [0, 0.05) is 12.6 Å². The number of hydrogen-bond donors (Lipinski definition) is 1. The van der Waals surface area contributed by atoms with Gasteiger partial charge in [0.05, 0.1) is 12.8 Å². The molecule has 0 amide bonds. The predicted octanol–water partition coefficient (Wildman–Crippen LogP) is 4.14. The first-order chi connectivity index (χ1) is 9.06. The van der Waals surface area contributed by atoms with Crippen LogP contribution >= 0.6 is 0 Å². The normalized spacial score (nSPS) is 12.3. The summed E-state index contributed by atoms with van der Waals surface area (Å²) in [7, 11) is 1.53. The molecule has 0 spiro atoms. The fraction of sp³-hybridized carbons (Fsp3) is 0.571. The minimum Gasteiger partial charge on any atom is -0.497 e. The van der Waals surface area contributed by atoms with Crippen LogP contribution in [0, 0.1) is 5.92 Å². The van der Waals surface area contributed by atoms with E-state index in [2.05, 4.69) is 23.9 Å². The van der Waals surface area contributed by atoms with Crippen molar-refractivity contribution in [2.45, 2.75) is 33.3 Å². The Morgan fingerprint density at radius 3 is 2.63 bits per heavy atom. The van der Waals surface area contributed by atoms with E-state index >= 15 is 0 Å². The summed E-state index contributed by atoms with van der Waals surface area (Å²) >= 11 is 0. The zero-order chi connectivity index (χ0) is 14.3. The number of methoxy groups -OCH3 is 1. The Morgan fingerprint density at radius 2 is 2.05 bits per heavy atom. The van der Waals surface area contributed by atoms with Crippen LogP contribution in [-0.2, 0) is 0 Å². The average Bonchev–Trinajstić information content (AvgIpc) is 2.37. The lowest BCUT2D eigenvalue weighted by Crippen LogP contribution is -2.13. The van der Waals surface area contributed by atoms with Crippen molar-refractivity contribution < 1.29 is 18.3 Å². The third kappa shape index (κ3) is 5.32. The van der Waals surface area contributed by atoms with Crippen molar-refractivity contribution in [1.82, 2.24) is 0 Å². The van der Waals surface area contributed by atoms with E-state index < -0.39 is 6.61 Å². The summed E-state index contributed by atoms with van der Waals surface area (Å²) < 4.78 is 34.2. The fourth-order valence-corrected chi connectivity index (χ4v) is 1.85. The second-order valence-corrected chi connectivity index (χ2v) is 4.52. The highest BCUT2D eigenvalue weighted by atomic mass is 19.3. The third-order valence-corrected chi connectivity index (χ3v) is 2.83. The average molecular weight is 273 g/mol. The van der Waals surface area contributed by atoms with E-state index in [0.717, 1.165) is 12.8 Å². The van der Waals surface area contributed by atoms with Gasteiger partial charge in [-0.25, -0.2) is 0 Å². The van der Waals surface area contributed by atoms with Crippen LogP contribution in [0.5, 0.6) is 11.5 Å². The summed E-state index contributed by atoms with van der Waals surface area (Å²) in [5, 5.41) is 3.14. The highest BCUT2D eigenvalue weighted by Gasteiger charge is 2.11. The van der Waals surface area contributed by atoms with Gasteiger partial charge in [-0.3, -0.25) is 0 Å². The van der Waals surface area contributed by atoms with E-state index in [4.69, 9.17) is 4.74 Å². The van der Waals surface area contributed by atoms with E-state index in [0.29, 0.717) is 23.9 Å². The molecule has 0 aliphatic heterocycles. The SMILES string of the molecule is CCCC(C)CNc1cc(OC)ccc1OC(F)F. The molecule has 0 aliphatic rings. The Morgan fingerprint density at radius 1 is 1.32 bits per heavy atom. The number of alkyl halides is 2. The minimum atomic E-state index is -2.83. The summed E-state index contributed by atoms with van der Waals surface area (Å²) in [5.74, 6) is 1.21. The van der Waals surface area contributed by atoms with E-state index in [1.807, 2.05) is 0 Å². The van der Waals surface area contributed by atoms with Gasteiger partial charge in [-0.1, -0.05) is 20.3 Å². The van der Waals surface area contributed by atoms with Gasteiger partial charge in [0.2, 0.25) is 0 Å². The van der Waals surface area contributed by atoms with Crippen LogP contribution in [0.1, 0.15) is 26.7 Å². The molecule has 1 aromatic rings. The zero-order valence-corrected chi connectivity index (χ0v) is 11.6. The molecule has 1 rings (SSSR count). The molecule has 19 heavy (non-hydrogen) atoms. The first-order valence-electron chi connectivity index (χ1n) is 6.43. The summed E-state index contributed by atoms with van der Waals surface area (Å²) in [6.45, 7) is 2.11. The topological polar surface area (TPSA) is 30.5 Å². The number of hydrogen-bond acceptors (Lipinski definition) is 3. The molecule has 1 atom stereocenters. The Hall–Kier alpha value is -1.52. The van der Waals surface area contributed by atoms with E-state index in [-0.39, 0.29) is 5.75 Å². The molecular formula is C14H21F2NO2. The lowest BCUT2D eigenvalue weighted by atomic mass is 10.1. The number of halogens is 2. The Kier molecular flexibility index (Phi) is 6.39.